The van der Waals surface area contributed by atoms with Crippen LogP contribution >= 0.6 is 0 Å². The molecule has 0 aromatic rings. The van der Waals surface area contributed by atoms with Crippen molar-refractivity contribution in [2.45, 2.75) is 27.7 Å². The fraction of sp³-hybridized carbons (Fsp3) is 0.471. The van der Waals surface area contributed by atoms with E-state index in [4.69, 9.17) is 4.99 Å². The van der Waals surface area contributed by atoms with Crippen LogP contribution in [0.3, 0.4) is 0 Å². The molecule has 0 saturated carbocycles. The van der Waals surface area contributed by atoms with Crippen LogP contribution in [-0.2, 0) is 0 Å². The minimum absolute atomic E-state index is 0.0134. The SMILES string of the molecule is C=CC1=CC(C)(C)C=C(C2=NCC(C)(C)CN2)C=C1. The fourth-order valence-electron chi connectivity index (χ4n) is 2.35. The Kier molecular flexibility index (Phi) is 3.53. The Morgan fingerprint density at radius 3 is 2.53 bits per heavy atom. The highest BCUT2D eigenvalue weighted by molar-refractivity contribution is 6.01. The van der Waals surface area contributed by atoms with E-state index in [-0.39, 0.29) is 10.8 Å². The van der Waals surface area contributed by atoms with E-state index >= 15 is 0 Å². The van der Waals surface area contributed by atoms with Crippen LogP contribution in [0, 0.1) is 10.8 Å². The number of nitrogens with zero attached hydrogens (tertiary/aromatic N) is 1. The summed E-state index contributed by atoms with van der Waals surface area (Å²) >= 11 is 0. The summed E-state index contributed by atoms with van der Waals surface area (Å²) in [4.78, 5) is 4.70. The van der Waals surface area contributed by atoms with Gasteiger partial charge in [0.05, 0.1) is 0 Å². The van der Waals surface area contributed by atoms with Crippen LogP contribution in [0.4, 0.5) is 0 Å². The molecule has 0 unspecified atom stereocenters. The van der Waals surface area contributed by atoms with Gasteiger partial charge in [0, 0.05) is 29.5 Å². The first-order chi connectivity index (χ1) is 8.81. The van der Waals surface area contributed by atoms with E-state index in [0.29, 0.717) is 0 Å². The monoisotopic (exact) mass is 256 g/mol. The van der Waals surface area contributed by atoms with E-state index in [9.17, 15) is 0 Å². The summed E-state index contributed by atoms with van der Waals surface area (Å²) in [6.07, 6.45) is 10.6. The van der Waals surface area contributed by atoms with Crippen LogP contribution in [0.15, 0.2) is 53.1 Å². The second kappa shape index (κ2) is 4.84. The van der Waals surface area contributed by atoms with Crippen LogP contribution in [0.2, 0.25) is 0 Å². The molecule has 0 atom stereocenters. The average molecular weight is 256 g/mol. The van der Waals surface area contributed by atoms with Gasteiger partial charge in [-0.05, 0) is 5.57 Å². The molecule has 1 N–H and O–H groups in total. The summed E-state index contributed by atoms with van der Waals surface area (Å²) in [5.74, 6) is 1.02. The molecule has 1 aliphatic carbocycles. The molecule has 0 aromatic carbocycles. The Labute approximate surface area is 116 Å². The highest BCUT2D eigenvalue weighted by atomic mass is 15.0. The first kappa shape index (κ1) is 13.9. The van der Waals surface area contributed by atoms with Crippen molar-refractivity contribution in [3.05, 3.63) is 48.1 Å². The summed E-state index contributed by atoms with van der Waals surface area (Å²) in [5, 5.41) is 3.46. The van der Waals surface area contributed by atoms with Gasteiger partial charge in [0.15, 0.2) is 0 Å². The quantitative estimate of drug-likeness (QED) is 0.801. The molecule has 2 heteroatoms. The Morgan fingerprint density at radius 2 is 1.95 bits per heavy atom. The third-order valence-corrected chi connectivity index (χ3v) is 3.43. The first-order valence-electron chi connectivity index (χ1n) is 6.86. The molecule has 0 spiro atoms. The highest BCUT2D eigenvalue weighted by Gasteiger charge is 2.24. The molecule has 0 amide bonds. The Hall–Kier alpha value is -1.57. The predicted molar refractivity (Wildman–Crippen MR) is 83.4 cm³/mol. The summed E-state index contributed by atoms with van der Waals surface area (Å²) < 4.78 is 0. The molecule has 0 saturated heterocycles. The van der Waals surface area contributed by atoms with Crippen molar-refractivity contribution in [1.82, 2.24) is 5.32 Å². The molecule has 2 nitrogen and oxygen atoms in total. The van der Waals surface area contributed by atoms with Gasteiger partial charge in [-0.25, -0.2) is 0 Å². The highest BCUT2D eigenvalue weighted by Crippen LogP contribution is 2.28. The fourth-order valence-corrected chi connectivity index (χ4v) is 2.35. The average Bonchev–Trinajstić information content (AvgIpc) is 2.47. The summed E-state index contributed by atoms with van der Waals surface area (Å²) in [5.41, 5.74) is 2.60. The van der Waals surface area contributed by atoms with E-state index < -0.39 is 0 Å². The molecular weight excluding hydrogens is 232 g/mol. The molecule has 2 rings (SSSR count). The minimum atomic E-state index is 0.0134. The van der Waals surface area contributed by atoms with E-state index in [0.717, 1.165) is 24.5 Å². The predicted octanol–water partition coefficient (Wildman–Crippen LogP) is 3.65. The van der Waals surface area contributed by atoms with Crippen molar-refractivity contribution in [3.8, 4) is 0 Å². The normalized spacial score (nSPS) is 24.5. The number of aliphatic imine (C=N–C) groups is 1. The zero-order valence-electron chi connectivity index (χ0n) is 12.5. The number of hydrogen-bond donors (Lipinski definition) is 1. The Bertz CT molecular complexity index is 499. The van der Waals surface area contributed by atoms with Crippen molar-refractivity contribution >= 4 is 5.84 Å². The third-order valence-electron chi connectivity index (χ3n) is 3.43. The number of nitrogens with one attached hydrogen (secondary N) is 1. The Balaban J connectivity index is 2.29. The van der Waals surface area contributed by atoms with Gasteiger partial charge in [-0.2, -0.15) is 0 Å². The van der Waals surface area contributed by atoms with Gasteiger partial charge < -0.3 is 5.32 Å². The molecule has 102 valence electrons. The zero-order chi connectivity index (χ0) is 14.1. The molecule has 0 bridgehead atoms. The van der Waals surface area contributed by atoms with Crippen molar-refractivity contribution in [2.75, 3.05) is 13.1 Å². The van der Waals surface area contributed by atoms with Gasteiger partial charge in [0.2, 0.25) is 0 Å². The molecular formula is C17H24N2. The summed E-state index contributed by atoms with van der Waals surface area (Å²) in [7, 11) is 0. The number of amidine groups is 1. The molecule has 19 heavy (non-hydrogen) atoms. The maximum atomic E-state index is 4.70. The van der Waals surface area contributed by atoms with Gasteiger partial charge >= 0.3 is 0 Å². The minimum Gasteiger partial charge on any atom is -0.369 e. The van der Waals surface area contributed by atoms with Crippen LogP contribution < -0.4 is 5.32 Å². The van der Waals surface area contributed by atoms with Crippen LogP contribution in [0.5, 0.6) is 0 Å². The first-order valence-corrected chi connectivity index (χ1v) is 6.86. The van der Waals surface area contributed by atoms with Crippen LogP contribution in [0.25, 0.3) is 0 Å². The lowest BCUT2D eigenvalue weighted by molar-refractivity contribution is 0.362. The second-order valence-electron chi connectivity index (χ2n) is 6.79. The topological polar surface area (TPSA) is 24.4 Å². The van der Waals surface area contributed by atoms with Gasteiger partial charge in [-0.15, -0.1) is 0 Å². The summed E-state index contributed by atoms with van der Waals surface area (Å²) in [6.45, 7) is 14.6. The maximum absolute atomic E-state index is 4.70. The van der Waals surface area contributed by atoms with E-state index in [1.165, 1.54) is 5.57 Å². The van der Waals surface area contributed by atoms with Crippen molar-refractivity contribution in [2.24, 2.45) is 15.8 Å². The smallest absolute Gasteiger partial charge is 0.128 e. The number of hydrogen-bond acceptors (Lipinski definition) is 2. The maximum Gasteiger partial charge on any atom is 0.128 e. The van der Waals surface area contributed by atoms with E-state index in [2.05, 4.69) is 63.9 Å². The van der Waals surface area contributed by atoms with Gasteiger partial charge in [-0.1, -0.05) is 64.7 Å². The molecule has 0 aromatic heterocycles. The lowest BCUT2D eigenvalue weighted by atomic mass is 9.88. The standard InChI is InChI=1S/C17H24N2/c1-6-13-7-8-14(10-16(2,3)9-13)15-18-11-17(4,5)12-19-15/h6-10H,1,11-12H2,2-5H3,(H,18,19). The number of rotatable bonds is 2. The molecule has 1 heterocycles. The van der Waals surface area contributed by atoms with Crippen LogP contribution in [-0.4, -0.2) is 18.9 Å². The molecule has 0 fully saturated rings. The summed E-state index contributed by atoms with van der Waals surface area (Å²) in [6, 6.07) is 0. The largest absolute Gasteiger partial charge is 0.369 e. The Morgan fingerprint density at radius 1 is 1.21 bits per heavy atom. The van der Waals surface area contributed by atoms with Crippen molar-refractivity contribution < 1.29 is 0 Å². The van der Waals surface area contributed by atoms with E-state index in [1.807, 2.05) is 6.08 Å². The van der Waals surface area contributed by atoms with Crippen molar-refractivity contribution in [1.29, 1.82) is 0 Å². The van der Waals surface area contributed by atoms with Crippen molar-refractivity contribution in [3.63, 3.8) is 0 Å². The second-order valence-corrected chi connectivity index (χ2v) is 6.79. The third kappa shape index (κ3) is 3.46. The molecule has 2 aliphatic rings. The van der Waals surface area contributed by atoms with E-state index in [1.54, 1.807) is 0 Å². The molecule has 1 aliphatic heterocycles. The molecule has 0 radical (unpaired) electrons. The van der Waals surface area contributed by atoms with Gasteiger partial charge in [0.25, 0.3) is 0 Å². The van der Waals surface area contributed by atoms with Crippen LogP contribution in [0.1, 0.15) is 27.7 Å². The lowest BCUT2D eigenvalue weighted by Crippen LogP contribution is -2.41. The lowest BCUT2D eigenvalue weighted by Gasteiger charge is -2.30. The van der Waals surface area contributed by atoms with Gasteiger partial charge in [-0.3, -0.25) is 4.99 Å². The van der Waals surface area contributed by atoms with Gasteiger partial charge in [0.1, 0.15) is 5.84 Å². The number of allylic oxidation sites excluding steroid dienone is 5. The zero-order valence-corrected chi connectivity index (χ0v) is 12.5.